The molecule has 0 saturated carbocycles. The summed E-state index contributed by atoms with van der Waals surface area (Å²) in [6.07, 6.45) is 1.79. The first-order valence-corrected chi connectivity index (χ1v) is 9.77. The molecule has 3 heterocycles. The number of hydrogen-bond acceptors (Lipinski definition) is 6. The Morgan fingerprint density at radius 1 is 1.15 bits per heavy atom. The first-order chi connectivity index (χ1) is 13.1. The van der Waals surface area contributed by atoms with Crippen molar-refractivity contribution in [2.45, 2.75) is 18.4 Å². The second-order valence-corrected chi connectivity index (χ2v) is 7.46. The largest absolute Gasteiger partial charge is 0.338 e. The lowest BCUT2D eigenvalue weighted by Crippen LogP contribution is -2.15. The van der Waals surface area contributed by atoms with E-state index in [1.165, 1.54) is 0 Å². The Bertz CT molecular complexity index is 1170. The van der Waals surface area contributed by atoms with Crippen molar-refractivity contribution < 1.29 is 4.52 Å². The summed E-state index contributed by atoms with van der Waals surface area (Å²) in [4.78, 5) is 21.2. The van der Waals surface area contributed by atoms with Gasteiger partial charge in [-0.05, 0) is 30.7 Å². The van der Waals surface area contributed by atoms with Gasteiger partial charge in [-0.25, -0.2) is 4.98 Å². The van der Waals surface area contributed by atoms with Crippen LogP contribution in [0, 0.1) is 6.92 Å². The van der Waals surface area contributed by atoms with Gasteiger partial charge in [0.05, 0.1) is 11.4 Å². The molecule has 0 aliphatic carbocycles. The number of thioether (sulfide) groups is 1. The molecule has 0 spiro atoms. The molecule has 0 amide bonds. The maximum atomic E-state index is 12.2. The van der Waals surface area contributed by atoms with E-state index in [4.69, 9.17) is 16.1 Å². The average Bonchev–Trinajstić information content (AvgIpc) is 3.11. The summed E-state index contributed by atoms with van der Waals surface area (Å²) in [5.41, 5.74) is 3.11. The molecule has 0 saturated heterocycles. The van der Waals surface area contributed by atoms with Crippen molar-refractivity contribution in [2.75, 3.05) is 0 Å². The highest BCUT2D eigenvalue weighted by atomic mass is 35.5. The molecule has 1 aromatic carbocycles. The Labute approximate surface area is 164 Å². The third-order valence-electron chi connectivity index (χ3n) is 3.89. The molecule has 0 unspecified atom stereocenters. The number of nitrogens with zero attached hydrogens (tertiary/aromatic N) is 4. The van der Waals surface area contributed by atoms with E-state index in [2.05, 4.69) is 15.1 Å². The zero-order valence-corrected chi connectivity index (χ0v) is 16.0. The maximum absolute atomic E-state index is 12.2. The van der Waals surface area contributed by atoms with E-state index in [0.717, 1.165) is 16.8 Å². The molecule has 136 valence electrons. The van der Waals surface area contributed by atoms with Crippen LogP contribution in [0.15, 0.2) is 58.0 Å². The minimum atomic E-state index is -0.0830. The topological polar surface area (TPSA) is 73.3 Å². The Morgan fingerprint density at radius 2 is 2.04 bits per heavy atom. The molecule has 0 aliphatic heterocycles. The van der Waals surface area contributed by atoms with Crippen molar-refractivity contribution in [3.63, 3.8) is 0 Å². The summed E-state index contributed by atoms with van der Waals surface area (Å²) in [5.74, 6) is 2.13. The number of hydrogen-bond donors (Lipinski definition) is 0. The third-order valence-corrected chi connectivity index (χ3v) is 5.07. The number of halogens is 1. The van der Waals surface area contributed by atoms with E-state index in [0.29, 0.717) is 33.9 Å². The molecular formula is C19H15ClN4O2S. The van der Waals surface area contributed by atoms with Crippen LogP contribution in [0.5, 0.6) is 0 Å². The van der Waals surface area contributed by atoms with Crippen molar-refractivity contribution in [2.24, 2.45) is 0 Å². The number of rotatable bonds is 5. The quantitative estimate of drug-likeness (QED) is 0.503. The fourth-order valence-electron chi connectivity index (χ4n) is 2.63. The van der Waals surface area contributed by atoms with Crippen LogP contribution in [0.4, 0.5) is 0 Å². The van der Waals surface area contributed by atoms with Gasteiger partial charge in [-0.1, -0.05) is 35.0 Å². The SMILES string of the molecule is Cc1ccc2nc(CSCc3nc(-c4cccc(Cl)c4)no3)cc(=O)n2c1. The maximum Gasteiger partial charge on any atom is 0.258 e. The van der Waals surface area contributed by atoms with Crippen LogP contribution in [0.25, 0.3) is 17.0 Å². The second-order valence-electron chi connectivity index (χ2n) is 6.04. The first-order valence-electron chi connectivity index (χ1n) is 8.24. The lowest BCUT2D eigenvalue weighted by molar-refractivity contribution is 0.391. The molecule has 27 heavy (non-hydrogen) atoms. The molecule has 6 nitrogen and oxygen atoms in total. The highest BCUT2D eigenvalue weighted by molar-refractivity contribution is 7.97. The van der Waals surface area contributed by atoms with Crippen LogP contribution in [-0.2, 0) is 11.5 Å². The fourth-order valence-corrected chi connectivity index (χ4v) is 3.57. The lowest BCUT2D eigenvalue weighted by Gasteiger charge is -2.04. The summed E-state index contributed by atoms with van der Waals surface area (Å²) >= 11 is 7.55. The van der Waals surface area contributed by atoms with Gasteiger partial charge in [0.15, 0.2) is 0 Å². The Kier molecular flexibility index (Phi) is 4.96. The van der Waals surface area contributed by atoms with Gasteiger partial charge in [-0.15, -0.1) is 11.8 Å². The molecule has 4 aromatic rings. The number of fused-ring (bicyclic) bond motifs is 1. The summed E-state index contributed by atoms with van der Waals surface area (Å²) in [6.45, 7) is 1.94. The van der Waals surface area contributed by atoms with Gasteiger partial charge in [-0.3, -0.25) is 9.20 Å². The Hall–Kier alpha value is -2.64. The molecule has 8 heteroatoms. The van der Waals surface area contributed by atoms with Crippen LogP contribution >= 0.6 is 23.4 Å². The smallest absolute Gasteiger partial charge is 0.258 e. The Morgan fingerprint density at radius 3 is 2.89 bits per heavy atom. The molecule has 0 aliphatic rings. The van der Waals surface area contributed by atoms with Gasteiger partial charge in [-0.2, -0.15) is 4.98 Å². The number of benzene rings is 1. The summed E-state index contributed by atoms with van der Waals surface area (Å²) in [6, 6.07) is 12.6. The van der Waals surface area contributed by atoms with E-state index in [-0.39, 0.29) is 5.56 Å². The molecule has 3 aromatic heterocycles. The highest BCUT2D eigenvalue weighted by Crippen LogP contribution is 2.22. The minimum Gasteiger partial charge on any atom is -0.338 e. The molecule has 0 atom stereocenters. The van der Waals surface area contributed by atoms with Crippen LogP contribution in [0.2, 0.25) is 5.02 Å². The fraction of sp³-hybridized carbons (Fsp3) is 0.158. The van der Waals surface area contributed by atoms with Crippen LogP contribution in [-0.4, -0.2) is 19.5 Å². The van der Waals surface area contributed by atoms with E-state index < -0.39 is 0 Å². The van der Waals surface area contributed by atoms with Crippen LogP contribution < -0.4 is 5.56 Å². The van der Waals surface area contributed by atoms with Crippen LogP contribution in [0.3, 0.4) is 0 Å². The predicted octanol–water partition coefficient (Wildman–Crippen LogP) is 4.14. The highest BCUT2D eigenvalue weighted by Gasteiger charge is 2.10. The number of aryl methyl sites for hydroxylation is 1. The van der Waals surface area contributed by atoms with Crippen molar-refractivity contribution in [1.29, 1.82) is 0 Å². The van der Waals surface area contributed by atoms with Gasteiger partial charge >= 0.3 is 0 Å². The van der Waals surface area contributed by atoms with Gasteiger partial charge in [0.1, 0.15) is 5.65 Å². The van der Waals surface area contributed by atoms with Crippen molar-refractivity contribution in [3.05, 3.63) is 81.2 Å². The first kappa shape index (κ1) is 17.8. The van der Waals surface area contributed by atoms with Gasteiger partial charge in [0.25, 0.3) is 5.56 Å². The molecule has 0 fully saturated rings. The van der Waals surface area contributed by atoms with Crippen molar-refractivity contribution in [3.8, 4) is 11.4 Å². The monoisotopic (exact) mass is 398 g/mol. The van der Waals surface area contributed by atoms with Gasteiger partial charge in [0, 0.05) is 28.6 Å². The molecular weight excluding hydrogens is 384 g/mol. The molecule has 0 N–H and O–H groups in total. The lowest BCUT2D eigenvalue weighted by atomic mass is 10.2. The van der Waals surface area contributed by atoms with Gasteiger partial charge < -0.3 is 4.52 Å². The zero-order chi connectivity index (χ0) is 18.8. The average molecular weight is 399 g/mol. The Balaban J connectivity index is 1.44. The predicted molar refractivity (Wildman–Crippen MR) is 106 cm³/mol. The minimum absolute atomic E-state index is 0.0830. The normalized spacial score (nSPS) is 11.2. The summed E-state index contributed by atoms with van der Waals surface area (Å²) in [5, 5.41) is 4.61. The van der Waals surface area contributed by atoms with E-state index in [1.807, 2.05) is 31.2 Å². The standard InChI is InChI=1S/C19H15ClN4O2S/c1-12-5-6-16-21-15(8-18(25)24(16)9-12)10-27-11-17-22-19(23-26-17)13-3-2-4-14(20)7-13/h2-9H,10-11H2,1H3. The van der Waals surface area contributed by atoms with Crippen molar-refractivity contribution in [1.82, 2.24) is 19.5 Å². The number of aromatic nitrogens is 4. The molecule has 4 rings (SSSR count). The van der Waals surface area contributed by atoms with Crippen molar-refractivity contribution >= 4 is 29.0 Å². The summed E-state index contributed by atoms with van der Waals surface area (Å²) < 4.78 is 6.85. The van der Waals surface area contributed by atoms with E-state index in [9.17, 15) is 4.79 Å². The molecule has 0 radical (unpaired) electrons. The van der Waals surface area contributed by atoms with Crippen LogP contribution in [0.1, 0.15) is 17.1 Å². The van der Waals surface area contributed by atoms with Gasteiger partial charge in [0.2, 0.25) is 11.7 Å². The van der Waals surface area contributed by atoms with E-state index >= 15 is 0 Å². The van der Waals surface area contributed by atoms with E-state index in [1.54, 1.807) is 40.6 Å². The number of pyridine rings is 1. The zero-order valence-electron chi connectivity index (χ0n) is 14.4. The summed E-state index contributed by atoms with van der Waals surface area (Å²) in [7, 11) is 0. The third kappa shape index (κ3) is 4.04. The second kappa shape index (κ2) is 7.54. The molecule has 0 bridgehead atoms.